The van der Waals surface area contributed by atoms with Crippen molar-refractivity contribution in [3.8, 4) is 5.75 Å². The third-order valence-corrected chi connectivity index (χ3v) is 2.64. The highest BCUT2D eigenvalue weighted by Crippen LogP contribution is 2.16. The number of nitrogens with one attached hydrogen (secondary N) is 1. The van der Waals surface area contributed by atoms with Crippen LogP contribution in [0.4, 0.5) is 17.1 Å². The quantitative estimate of drug-likeness (QED) is 0.365. The molecule has 0 saturated carbocycles. The number of nitrogens with two attached hydrogens (primary N) is 1. The number of hydrogen-bond acceptors (Lipinski definition) is 5. The Morgan fingerprint density at radius 1 is 1.20 bits per heavy atom. The number of non-ortho nitro benzene ring substituents is 1. The molecule has 0 spiro atoms. The summed E-state index contributed by atoms with van der Waals surface area (Å²) in [5.74, 6) is 0.718. The van der Waals surface area contributed by atoms with E-state index in [9.17, 15) is 10.1 Å². The van der Waals surface area contributed by atoms with Crippen molar-refractivity contribution < 1.29 is 9.66 Å². The molecule has 104 valence electrons. The van der Waals surface area contributed by atoms with E-state index < -0.39 is 4.92 Å². The summed E-state index contributed by atoms with van der Waals surface area (Å²) in [5, 5.41) is 13.6. The third kappa shape index (κ3) is 3.88. The number of hydrogen-bond donors (Lipinski definition) is 2. The molecule has 6 nitrogen and oxygen atoms in total. The van der Waals surface area contributed by atoms with Crippen LogP contribution in [0.25, 0.3) is 0 Å². The maximum Gasteiger partial charge on any atom is 0.269 e. The molecule has 0 fully saturated rings. The number of anilines is 2. The molecule has 2 rings (SSSR count). The highest BCUT2D eigenvalue weighted by atomic mass is 16.6. The molecule has 0 bridgehead atoms. The lowest BCUT2D eigenvalue weighted by molar-refractivity contribution is -0.384. The molecule has 0 aliphatic heterocycles. The summed E-state index contributed by atoms with van der Waals surface area (Å²) in [7, 11) is 0. The molecule has 0 amide bonds. The predicted octanol–water partition coefficient (Wildman–Crippen LogP) is 2.67. The third-order valence-electron chi connectivity index (χ3n) is 2.64. The van der Waals surface area contributed by atoms with Gasteiger partial charge in [0.25, 0.3) is 5.69 Å². The van der Waals surface area contributed by atoms with Crippen molar-refractivity contribution in [2.75, 3.05) is 24.2 Å². The lowest BCUT2D eigenvalue weighted by Crippen LogP contribution is -2.11. The zero-order chi connectivity index (χ0) is 14.4. The van der Waals surface area contributed by atoms with Gasteiger partial charge in [-0.05, 0) is 24.3 Å². The van der Waals surface area contributed by atoms with Gasteiger partial charge in [-0.2, -0.15) is 0 Å². The van der Waals surface area contributed by atoms with Gasteiger partial charge in [-0.3, -0.25) is 10.1 Å². The zero-order valence-electron chi connectivity index (χ0n) is 10.8. The molecule has 0 radical (unpaired) electrons. The fourth-order valence-electron chi connectivity index (χ4n) is 1.67. The van der Waals surface area contributed by atoms with Gasteiger partial charge in [-0.15, -0.1) is 0 Å². The van der Waals surface area contributed by atoms with Gasteiger partial charge in [-0.25, -0.2) is 0 Å². The van der Waals surface area contributed by atoms with Crippen LogP contribution in [0.3, 0.4) is 0 Å². The van der Waals surface area contributed by atoms with Gasteiger partial charge in [0.2, 0.25) is 0 Å². The van der Waals surface area contributed by atoms with E-state index in [2.05, 4.69) is 5.32 Å². The molecule has 2 aromatic carbocycles. The summed E-state index contributed by atoms with van der Waals surface area (Å²) < 4.78 is 5.52. The molecule has 0 atom stereocenters. The Hall–Kier alpha value is -2.76. The SMILES string of the molecule is Nc1cccc(OCCNc2ccc([N+](=O)[O-])cc2)c1. The summed E-state index contributed by atoms with van der Waals surface area (Å²) in [6.07, 6.45) is 0. The Morgan fingerprint density at radius 3 is 2.60 bits per heavy atom. The summed E-state index contributed by atoms with van der Waals surface area (Å²) in [5.41, 5.74) is 7.19. The normalized spacial score (nSPS) is 10.0. The molecule has 3 N–H and O–H groups in total. The standard InChI is InChI=1S/C14H15N3O3/c15-11-2-1-3-14(10-11)20-9-8-16-12-4-6-13(7-5-12)17(18)19/h1-7,10,16H,8-9,15H2. The monoisotopic (exact) mass is 273 g/mol. The van der Waals surface area contributed by atoms with Crippen LogP contribution in [0.5, 0.6) is 5.75 Å². The summed E-state index contributed by atoms with van der Waals surface area (Å²) in [6, 6.07) is 13.5. The van der Waals surface area contributed by atoms with Crippen molar-refractivity contribution in [2.45, 2.75) is 0 Å². The van der Waals surface area contributed by atoms with E-state index in [1.807, 2.05) is 12.1 Å². The average Bonchev–Trinajstić information content (AvgIpc) is 2.44. The van der Waals surface area contributed by atoms with Crippen LogP contribution in [-0.2, 0) is 0 Å². The number of ether oxygens (including phenoxy) is 1. The van der Waals surface area contributed by atoms with E-state index in [-0.39, 0.29) is 5.69 Å². The first kappa shape index (κ1) is 13.7. The number of nitrogen functional groups attached to an aromatic ring is 1. The number of benzene rings is 2. The first-order chi connectivity index (χ1) is 9.65. The minimum Gasteiger partial charge on any atom is -0.492 e. The van der Waals surface area contributed by atoms with E-state index in [4.69, 9.17) is 10.5 Å². The highest BCUT2D eigenvalue weighted by molar-refractivity contribution is 5.48. The summed E-state index contributed by atoms with van der Waals surface area (Å²) in [4.78, 5) is 10.1. The number of nitrogens with zero attached hydrogens (tertiary/aromatic N) is 1. The van der Waals surface area contributed by atoms with Crippen molar-refractivity contribution >= 4 is 17.1 Å². The molecule has 0 aliphatic carbocycles. The van der Waals surface area contributed by atoms with Gasteiger partial charge in [0, 0.05) is 36.1 Å². The molecule has 0 heterocycles. The second-order valence-electron chi connectivity index (χ2n) is 4.15. The van der Waals surface area contributed by atoms with Crippen LogP contribution in [0.1, 0.15) is 0 Å². The van der Waals surface area contributed by atoms with Crippen LogP contribution in [0, 0.1) is 10.1 Å². The van der Waals surface area contributed by atoms with Gasteiger partial charge < -0.3 is 15.8 Å². The topological polar surface area (TPSA) is 90.4 Å². The average molecular weight is 273 g/mol. The zero-order valence-corrected chi connectivity index (χ0v) is 10.8. The number of rotatable bonds is 6. The van der Waals surface area contributed by atoms with E-state index in [0.29, 0.717) is 18.8 Å². The first-order valence-electron chi connectivity index (χ1n) is 6.12. The molecular weight excluding hydrogens is 258 g/mol. The second kappa shape index (κ2) is 6.42. The first-order valence-corrected chi connectivity index (χ1v) is 6.12. The Bertz CT molecular complexity index is 584. The van der Waals surface area contributed by atoms with E-state index in [0.717, 1.165) is 11.4 Å². The van der Waals surface area contributed by atoms with Crippen LogP contribution >= 0.6 is 0 Å². The minimum atomic E-state index is -0.424. The predicted molar refractivity (Wildman–Crippen MR) is 77.9 cm³/mol. The van der Waals surface area contributed by atoms with Gasteiger partial charge >= 0.3 is 0 Å². The summed E-state index contributed by atoms with van der Waals surface area (Å²) in [6.45, 7) is 1.06. The lowest BCUT2D eigenvalue weighted by atomic mass is 10.3. The van der Waals surface area contributed by atoms with Gasteiger partial charge in [0.05, 0.1) is 4.92 Å². The van der Waals surface area contributed by atoms with E-state index in [1.54, 1.807) is 24.3 Å². The van der Waals surface area contributed by atoms with Crippen LogP contribution in [0.2, 0.25) is 0 Å². The van der Waals surface area contributed by atoms with Crippen LogP contribution < -0.4 is 15.8 Å². The highest BCUT2D eigenvalue weighted by Gasteiger charge is 2.03. The maximum absolute atomic E-state index is 10.5. The molecule has 0 unspecified atom stereocenters. The Labute approximate surface area is 116 Å². The molecular formula is C14H15N3O3. The Balaban J connectivity index is 1.77. The molecule has 0 aromatic heterocycles. The summed E-state index contributed by atoms with van der Waals surface area (Å²) >= 11 is 0. The fraction of sp³-hybridized carbons (Fsp3) is 0.143. The maximum atomic E-state index is 10.5. The molecule has 2 aromatic rings. The van der Waals surface area contributed by atoms with Gasteiger partial charge in [0.15, 0.2) is 0 Å². The van der Waals surface area contributed by atoms with Crippen molar-refractivity contribution in [3.63, 3.8) is 0 Å². The number of nitro groups is 1. The van der Waals surface area contributed by atoms with Crippen LogP contribution in [-0.4, -0.2) is 18.1 Å². The smallest absolute Gasteiger partial charge is 0.269 e. The molecule has 0 aliphatic rings. The van der Waals surface area contributed by atoms with Crippen LogP contribution in [0.15, 0.2) is 48.5 Å². The second-order valence-corrected chi connectivity index (χ2v) is 4.15. The van der Waals surface area contributed by atoms with Crippen molar-refractivity contribution in [1.29, 1.82) is 0 Å². The molecule has 20 heavy (non-hydrogen) atoms. The largest absolute Gasteiger partial charge is 0.492 e. The van der Waals surface area contributed by atoms with E-state index in [1.165, 1.54) is 12.1 Å². The number of nitro benzene ring substituents is 1. The Kier molecular flexibility index (Phi) is 4.39. The fourth-order valence-corrected chi connectivity index (χ4v) is 1.67. The van der Waals surface area contributed by atoms with E-state index >= 15 is 0 Å². The lowest BCUT2D eigenvalue weighted by Gasteiger charge is -2.08. The Morgan fingerprint density at radius 2 is 1.95 bits per heavy atom. The molecule has 6 heteroatoms. The van der Waals surface area contributed by atoms with Crippen molar-refractivity contribution in [3.05, 3.63) is 58.6 Å². The molecule has 0 saturated heterocycles. The minimum absolute atomic E-state index is 0.0755. The van der Waals surface area contributed by atoms with Crippen molar-refractivity contribution in [1.82, 2.24) is 0 Å². The van der Waals surface area contributed by atoms with Gasteiger partial charge in [0.1, 0.15) is 12.4 Å². The van der Waals surface area contributed by atoms with Crippen molar-refractivity contribution in [2.24, 2.45) is 0 Å². The van der Waals surface area contributed by atoms with Gasteiger partial charge in [-0.1, -0.05) is 6.07 Å².